The number of nitrogens with one attached hydrogen (secondary N) is 1. The molecule has 1 rings (SSSR count). The summed E-state index contributed by atoms with van der Waals surface area (Å²) in [6.45, 7) is 0.885. The van der Waals surface area contributed by atoms with Gasteiger partial charge in [-0.2, -0.15) is 0 Å². The van der Waals surface area contributed by atoms with Gasteiger partial charge in [0.2, 0.25) is 0 Å². The fraction of sp³-hybridized carbons (Fsp3) is 0.538. The lowest BCUT2D eigenvalue weighted by Crippen LogP contribution is -2.42. The standard InChI is InChI=1S/C13H19ClN2O6/c1-2-7-3-9(10(16(21)22)4-8(7)14)15-5-11(18)13(20)12(19)6-17/h3-4,11-13,15,17-20H,2,5-6H2,1H3/t11-,12+,13-/m0/s1. The molecule has 0 amide bonds. The molecule has 5 N–H and O–H groups in total. The van der Waals surface area contributed by atoms with Gasteiger partial charge in [0, 0.05) is 12.6 Å². The van der Waals surface area contributed by atoms with Crippen LogP contribution in [0.25, 0.3) is 0 Å². The van der Waals surface area contributed by atoms with Gasteiger partial charge in [-0.1, -0.05) is 18.5 Å². The molecule has 0 aliphatic carbocycles. The summed E-state index contributed by atoms with van der Waals surface area (Å²) in [6, 6.07) is 2.72. The Labute approximate surface area is 132 Å². The Morgan fingerprint density at radius 1 is 1.32 bits per heavy atom. The average Bonchev–Trinajstić information content (AvgIpc) is 2.51. The van der Waals surface area contributed by atoms with E-state index >= 15 is 0 Å². The molecule has 0 spiro atoms. The predicted molar refractivity (Wildman–Crippen MR) is 81.1 cm³/mol. The van der Waals surface area contributed by atoms with Crippen molar-refractivity contribution in [3.05, 3.63) is 32.8 Å². The first kappa shape index (κ1) is 18.6. The molecule has 3 atom stereocenters. The predicted octanol–water partition coefficient (Wildman–Crippen LogP) is 0.298. The quantitative estimate of drug-likeness (QED) is 0.340. The summed E-state index contributed by atoms with van der Waals surface area (Å²) >= 11 is 5.94. The van der Waals surface area contributed by atoms with Crippen LogP contribution in [-0.2, 0) is 6.42 Å². The van der Waals surface area contributed by atoms with E-state index < -0.39 is 29.8 Å². The normalized spacial score (nSPS) is 15.2. The summed E-state index contributed by atoms with van der Waals surface area (Å²) in [6.07, 6.45) is -3.92. The molecule has 0 fully saturated rings. The second kappa shape index (κ2) is 8.25. The third kappa shape index (κ3) is 4.52. The second-order valence-electron chi connectivity index (χ2n) is 4.76. The minimum absolute atomic E-state index is 0.149. The van der Waals surface area contributed by atoms with Crippen LogP contribution in [0.1, 0.15) is 12.5 Å². The fourth-order valence-electron chi connectivity index (χ4n) is 1.87. The number of anilines is 1. The van der Waals surface area contributed by atoms with E-state index in [0.29, 0.717) is 12.0 Å². The van der Waals surface area contributed by atoms with Crippen LogP contribution in [0.4, 0.5) is 11.4 Å². The lowest BCUT2D eigenvalue weighted by molar-refractivity contribution is -0.384. The maximum Gasteiger partial charge on any atom is 0.293 e. The topological polar surface area (TPSA) is 136 Å². The molecule has 0 aromatic heterocycles. The number of nitrogens with zero attached hydrogens (tertiary/aromatic N) is 1. The van der Waals surface area contributed by atoms with Gasteiger partial charge >= 0.3 is 0 Å². The number of nitro benzene ring substituents is 1. The van der Waals surface area contributed by atoms with Gasteiger partial charge in [0.15, 0.2) is 0 Å². The van der Waals surface area contributed by atoms with E-state index in [1.54, 1.807) is 0 Å². The van der Waals surface area contributed by atoms with Crippen molar-refractivity contribution in [3.8, 4) is 0 Å². The Hall–Kier alpha value is -1.45. The zero-order valence-electron chi connectivity index (χ0n) is 11.9. The van der Waals surface area contributed by atoms with Crippen LogP contribution in [0.15, 0.2) is 12.1 Å². The van der Waals surface area contributed by atoms with Gasteiger partial charge in [-0.05, 0) is 18.1 Å². The summed E-state index contributed by atoms with van der Waals surface area (Å²) < 4.78 is 0. The highest BCUT2D eigenvalue weighted by Crippen LogP contribution is 2.31. The zero-order chi connectivity index (χ0) is 16.9. The zero-order valence-corrected chi connectivity index (χ0v) is 12.7. The summed E-state index contributed by atoms with van der Waals surface area (Å²) in [4.78, 5) is 10.4. The summed E-state index contributed by atoms with van der Waals surface area (Å²) in [5.74, 6) is 0. The molecule has 0 radical (unpaired) electrons. The van der Waals surface area contributed by atoms with Crippen molar-refractivity contribution in [1.82, 2.24) is 0 Å². The van der Waals surface area contributed by atoms with Crippen molar-refractivity contribution in [1.29, 1.82) is 0 Å². The van der Waals surface area contributed by atoms with E-state index in [9.17, 15) is 25.4 Å². The minimum Gasteiger partial charge on any atom is -0.394 e. The Morgan fingerprint density at radius 3 is 2.45 bits per heavy atom. The molecule has 124 valence electrons. The fourth-order valence-corrected chi connectivity index (χ4v) is 2.16. The number of rotatable bonds is 8. The number of aliphatic hydroxyl groups excluding tert-OH is 4. The van der Waals surface area contributed by atoms with Crippen molar-refractivity contribution < 1.29 is 25.3 Å². The van der Waals surface area contributed by atoms with Crippen LogP contribution < -0.4 is 5.32 Å². The molecule has 0 unspecified atom stereocenters. The van der Waals surface area contributed by atoms with Crippen LogP contribution >= 0.6 is 11.6 Å². The van der Waals surface area contributed by atoms with Crippen molar-refractivity contribution in [2.24, 2.45) is 0 Å². The van der Waals surface area contributed by atoms with E-state index in [4.69, 9.17) is 16.7 Å². The first-order valence-electron chi connectivity index (χ1n) is 6.67. The summed E-state index contributed by atoms with van der Waals surface area (Å²) in [5.41, 5.74) is 0.586. The number of halogens is 1. The largest absolute Gasteiger partial charge is 0.394 e. The first-order chi connectivity index (χ1) is 10.3. The van der Waals surface area contributed by atoms with Crippen LogP contribution in [0.2, 0.25) is 5.02 Å². The van der Waals surface area contributed by atoms with E-state index in [1.165, 1.54) is 12.1 Å². The molecule has 0 aliphatic heterocycles. The maximum atomic E-state index is 11.0. The highest BCUT2D eigenvalue weighted by molar-refractivity contribution is 6.31. The van der Waals surface area contributed by atoms with E-state index in [0.717, 1.165) is 0 Å². The van der Waals surface area contributed by atoms with E-state index in [2.05, 4.69) is 5.32 Å². The minimum atomic E-state index is -1.57. The van der Waals surface area contributed by atoms with Gasteiger partial charge in [-0.25, -0.2) is 0 Å². The molecule has 0 saturated heterocycles. The third-order valence-corrected chi connectivity index (χ3v) is 3.57. The second-order valence-corrected chi connectivity index (χ2v) is 5.17. The van der Waals surface area contributed by atoms with Gasteiger partial charge in [0.1, 0.15) is 17.9 Å². The molecule has 0 saturated carbocycles. The molecule has 0 aliphatic rings. The number of nitro groups is 1. The van der Waals surface area contributed by atoms with Crippen LogP contribution in [-0.4, -0.2) is 56.8 Å². The smallest absolute Gasteiger partial charge is 0.293 e. The summed E-state index contributed by atoms with van der Waals surface area (Å²) in [5, 5.41) is 51.2. The van der Waals surface area contributed by atoms with Crippen LogP contribution in [0.3, 0.4) is 0 Å². The Bertz CT molecular complexity index is 527. The number of aryl methyl sites for hydroxylation is 1. The molecule has 8 nitrogen and oxygen atoms in total. The first-order valence-corrected chi connectivity index (χ1v) is 7.05. The SMILES string of the molecule is CCc1cc(NC[C@H](O)[C@H](O)[C@H](O)CO)c([N+](=O)[O-])cc1Cl. The third-order valence-electron chi connectivity index (χ3n) is 3.22. The number of benzene rings is 1. The highest BCUT2D eigenvalue weighted by Gasteiger charge is 2.25. The van der Waals surface area contributed by atoms with Crippen LogP contribution in [0.5, 0.6) is 0 Å². The lowest BCUT2D eigenvalue weighted by Gasteiger charge is -2.22. The molecule has 1 aromatic rings. The van der Waals surface area contributed by atoms with E-state index in [1.807, 2.05) is 6.92 Å². The number of aliphatic hydroxyl groups is 4. The average molecular weight is 335 g/mol. The van der Waals surface area contributed by atoms with E-state index in [-0.39, 0.29) is 22.9 Å². The molecule has 0 bridgehead atoms. The van der Waals surface area contributed by atoms with Crippen molar-refractivity contribution >= 4 is 23.0 Å². The monoisotopic (exact) mass is 334 g/mol. The highest BCUT2D eigenvalue weighted by atomic mass is 35.5. The molecule has 0 heterocycles. The van der Waals surface area contributed by atoms with Gasteiger partial charge in [-0.3, -0.25) is 10.1 Å². The Morgan fingerprint density at radius 2 is 1.95 bits per heavy atom. The van der Waals surface area contributed by atoms with Gasteiger partial charge < -0.3 is 25.7 Å². The number of hydrogen-bond acceptors (Lipinski definition) is 7. The van der Waals surface area contributed by atoms with Crippen molar-refractivity contribution in [2.75, 3.05) is 18.5 Å². The van der Waals surface area contributed by atoms with Crippen LogP contribution in [0, 0.1) is 10.1 Å². The summed E-state index contributed by atoms with van der Waals surface area (Å²) in [7, 11) is 0. The molecule has 22 heavy (non-hydrogen) atoms. The lowest BCUT2D eigenvalue weighted by atomic mass is 10.1. The van der Waals surface area contributed by atoms with Gasteiger partial charge in [-0.15, -0.1) is 0 Å². The molecule has 1 aromatic carbocycles. The number of hydrogen-bond donors (Lipinski definition) is 5. The maximum absolute atomic E-state index is 11.0. The van der Waals surface area contributed by atoms with Crippen molar-refractivity contribution in [2.45, 2.75) is 31.7 Å². The van der Waals surface area contributed by atoms with Gasteiger partial charge in [0.25, 0.3) is 5.69 Å². The van der Waals surface area contributed by atoms with Gasteiger partial charge in [0.05, 0.1) is 22.7 Å². The van der Waals surface area contributed by atoms with Crippen molar-refractivity contribution in [3.63, 3.8) is 0 Å². The molecule has 9 heteroatoms. The molecular weight excluding hydrogens is 316 g/mol. The Balaban J connectivity index is 2.90. The molecular formula is C13H19ClN2O6. The Kier molecular flexibility index (Phi) is 6.98.